The van der Waals surface area contributed by atoms with E-state index in [0.29, 0.717) is 18.9 Å². The van der Waals surface area contributed by atoms with Gasteiger partial charge in [0.1, 0.15) is 0 Å². The molecule has 0 aliphatic rings. The van der Waals surface area contributed by atoms with Crippen LogP contribution < -0.4 is 0 Å². The van der Waals surface area contributed by atoms with Crippen molar-refractivity contribution in [2.24, 2.45) is 7.05 Å². The number of aromatic nitrogens is 1. The number of benzene rings is 1. The second kappa shape index (κ2) is 11.7. The molecule has 0 aliphatic heterocycles. The van der Waals surface area contributed by atoms with E-state index in [1.807, 2.05) is 36.9 Å². The van der Waals surface area contributed by atoms with E-state index in [9.17, 15) is 26.4 Å². The first kappa shape index (κ1) is 26.9. The number of carbonyl (C=O) groups is 1. The van der Waals surface area contributed by atoms with E-state index in [0.717, 1.165) is 28.2 Å². The zero-order valence-corrected chi connectivity index (χ0v) is 19.8. The fraction of sp³-hybridized carbons (Fsp3) is 0.500. The average molecular weight is 490 g/mol. The largest absolute Gasteiger partial charge is 0.416 e. The third kappa shape index (κ3) is 7.31. The molecular formula is C22H30F3N3O4S. The van der Waals surface area contributed by atoms with Crippen LogP contribution in [0.25, 0.3) is 0 Å². The summed E-state index contributed by atoms with van der Waals surface area (Å²) in [7, 11) is -0.996. The number of alkyl halides is 3. The molecule has 0 bridgehead atoms. The first-order valence-electron chi connectivity index (χ1n) is 10.5. The van der Waals surface area contributed by atoms with Crippen molar-refractivity contribution in [3.8, 4) is 0 Å². The van der Waals surface area contributed by atoms with Crippen molar-refractivity contribution < 1.29 is 31.1 Å². The highest BCUT2D eigenvalue weighted by molar-refractivity contribution is 7.89. The van der Waals surface area contributed by atoms with Gasteiger partial charge in [0.05, 0.1) is 30.2 Å². The molecule has 0 spiro atoms. The summed E-state index contributed by atoms with van der Waals surface area (Å²) in [5.41, 5.74) is -0.212. The Balaban J connectivity index is 2.32. The quantitative estimate of drug-likeness (QED) is 0.458. The van der Waals surface area contributed by atoms with Crippen LogP contribution in [0.1, 0.15) is 31.0 Å². The lowest BCUT2D eigenvalue weighted by atomic mass is 10.2. The summed E-state index contributed by atoms with van der Waals surface area (Å²) in [5.74, 6) is -0.458. The standard InChI is InChI=1S/C22H30F3N3O4S/c1-4-5-12-28(33(30,31)20-10-6-8-18(15-20)22(23,24)25)17-21(29)27(13-14-32-3)16-19-9-7-11-26(19)2/h6-11,15H,4-5,12-14,16-17H2,1-3H3. The van der Waals surface area contributed by atoms with Crippen molar-refractivity contribution in [2.75, 3.05) is 33.4 Å². The smallest absolute Gasteiger partial charge is 0.383 e. The lowest BCUT2D eigenvalue weighted by molar-refractivity contribution is -0.137. The number of sulfonamides is 1. The molecule has 1 aromatic carbocycles. The molecule has 0 unspecified atom stereocenters. The highest BCUT2D eigenvalue weighted by Crippen LogP contribution is 2.31. The normalized spacial score (nSPS) is 12.3. The van der Waals surface area contributed by atoms with Gasteiger partial charge in [0, 0.05) is 39.1 Å². The molecular weight excluding hydrogens is 459 g/mol. The van der Waals surface area contributed by atoms with Crippen LogP contribution in [0.2, 0.25) is 0 Å². The van der Waals surface area contributed by atoms with Crippen LogP contribution in [0, 0.1) is 0 Å². The van der Waals surface area contributed by atoms with Crippen molar-refractivity contribution >= 4 is 15.9 Å². The van der Waals surface area contributed by atoms with Gasteiger partial charge in [-0.25, -0.2) is 8.42 Å². The topological polar surface area (TPSA) is 71.8 Å². The number of hydrogen-bond donors (Lipinski definition) is 0. The van der Waals surface area contributed by atoms with Crippen molar-refractivity contribution in [3.63, 3.8) is 0 Å². The van der Waals surface area contributed by atoms with Gasteiger partial charge in [-0.3, -0.25) is 4.79 Å². The minimum absolute atomic E-state index is 0.0170. The molecule has 2 aromatic rings. The summed E-state index contributed by atoms with van der Waals surface area (Å²) in [6.45, 7) is 2.14. The van der Waals surface area contributed by atoms with Crippen molar-refractivity contribution in [2.45, 2.75) is 37.4 Å². The molecule has 7 nitrogen and oxygen atoms in total. The molecule has 0 N–H and O–H groups in total. The number of ether oxygens (including phenoxy) is 1. The molecule has 0 saturated carbocycles. The predicted octanol–water partition coefficient (Wildman–Crippen LogP) is 3.51. The van der Waals surface area contributed by atoms with Crippen LogP contribution in [-0.2, 0) is 39.3 Å². The van der Waals surface area contributed by atoms with Gasteiger partial charge >= 0.3 is 6.18 Å². The second-order valence-corrected chi connectivity index (χ2v) is 9.57. The van der Waals surface area contributed by atoms with Crippen LogP contribution >= 0.6 is 0 Å². The Morgan fingerprint density at radius 2 is 1.88 bits per heavy atom. The van der Waals surface area contributed by atoms with Crippen molar-refractivity contribution in [1.29, 1.82) is 0 Å². The number of hydrogen-bond acceptors (Lipinski definition) is 4. The fourth-order valence-corrected chi connectivity index (χ4v) is 4.68. The highest BCUT2D eigenvalue weighted by Gasteiger charge is 2.34. The molecule has 0 radical (unpaired) electrons. The molecule has 0 aliphatic carbocycles. The van der Waals surface area contributed by atoms with Crippen LogP contribution in [0.5, 0.6) is 0 Å². The number of rotatable bonds is 12. The minimum atomic E-state index is -4.68. The number of unbranched alkanes of at least 4 members (excludes halogenated alkanes) is 1. The van der Waals surface area contributed by atoms with Crippen LogP contribution in [-0.4, -0.2) is 61.4 Å². The highest BCUT2D eigenvalue weighted by atomic mass is 32.2. The Hall–Kier alpha value is -2.37. The Morgan fingerprint density at radius 3 is 2.45 bits per heavy atom. The molecule has 11 heteroatoms. The minimum Gasteiger partial charge on any atom is -0.383 e. The lowest BCUT2D eigenvalue weighted by Gasteiger charge is -2.27. The first-order valence-corrected chi connectivity index (χ1v) is 12.0. The summed E-state index contributed by atoms with van der Waals surface area (Å²) in [6.07, 6.45) is -1.73. The van der Waals surface area contributed by atoms with Gasteiger partial charge in [0.15, 0.2) is 0 Å². The average Bonchev–Trinajstić information content (AvgIpc) is 3.17. The molecule has 2 rings (SSSR count). The number of methoxy groups -OCH3 is 1. The van der Waals surface area contributed by atoms with E-state index in [1.165, 1.54) is 12.0 Å². The maximum Gasteiger partial charge on any atom is 0.416 e. The Morgan fingerprint density at radius 1 is 1.15 bits per heavy atom. The summed E-state index contributed by atoms with van der Waals surface area (Å²) in [5, 5.41) is 0. The van der Waals surface area contributed by atoms with Gasteiger partial charge in [-0.2, -0.15) is 17.5 Å². The van der Waals surface area contributed by atoms with Crippen molar-refractivity contribution in [3.05, 3.63) is 53.9 Å². The maximum atomic E-state index is 13.2. The third-order valence-electron chi connectivity index (χ3n) is 5.19. The molecule has 1 aromatic heterocycles. The number of halogens is 3. The molecule has 0 saturated heterocycles. The predicted molar refractivity (Wildman–Crippen MR) is 118 cm³/mol. The van der Waals surface area contributed by atoms with E-state index < -0.39 is 39.1 Å². The number of carbonyl (C=O) groups excluding carboxylic acids is 1. The molecule has 1 amide bonds. The Labute approximate surface area is 192 Å². The second-order valence-electron chi connectivity index (χ2n) is 7.64. The third-order valence-corrected chi connectivity index (χ3v) is 7.04. The number of nitrogens with zero attached hydrogens (tertiary/aromatic N) is 3. The van der Waals surface area contributed by atoms with Crippen molar-refractivity contribution in [1.82, 2.24) is 13.8 Å². The zero-order chi connectivity index (χ0) is 24.6. The molecule has 184 valence electrons. The van der Waals surface area contributed by atoms with Crippen LogP contribution in [0.4, 0.5) is 13.2 Å². The molecule has 0 atom stereocenters. The first-order chi connectivity index (χ1) is 15.5. The molecule has 33 heavy (non-hydrogen) atoms. The molecule has 1 heterocycles. The van der Waals surface area contributed by atoms with E-state index in [-0.39, 0.29) is 26.2 Å². The maximum absolute atomic E-state index is 13.2. The zero-order valence-electron chi connectivity index (χ0n) is 19.0. The summed E-state index contributed by atoms with van der Waals surface area (Å²) < 4.78 is 73.7. The van der Waals surface area contributed by atoms with E-state index in [1.54, 1.807) is 0 Å². The summed E-state index contributed by atoms with van der Waals surface area (Å²) in [4.78, 5) is 14.1. The van der Waals surface area contributed by atoms with Gasteiger partial charge in [-0.05, 0) is 36.8 Å². The van der Waals surface area contributed by atoms with E-state index in [4.69, 9.17) is 4.74 Å². The Kier molecular flexibility index (Phi) is 9.50. The van der Waals surface area contributed by atoms with Gasteiger partial charge < -0.3 is 14.2 Å². The van der Waals surface area contributed by atoms with E-state index in [2.05, 4.69) is 0 Å². The SMILES string of the molecule is CCCCN(CC(=O)N(CCOC)Cc1cccn1C)S(=O)(=O)c1cccc(C(F)(F)F)c1. The van der Waals surface area contributed by atoms with Gasteiger partial charge in [-0.15, -0.1) is 0 Å². The van der Waals surface area contributed by atoms with Gasteiger partial charge in [-0.1, -0.05) is 19.4 Å². The number of amides is 1. The molecule has 0 fully saturated rings. The lowest BCUT2D eigenvalue weighted by Crippen LogP contribution is -2.44. The number of aryl methyl sites for hydroxylation is 1. The summed E-state index contributed by atoms with van der Waals surface area (Å²) >= 11 is 0. The van der Waals surface area contributed by atoms with E-state index >= 15 is 0 Å². The van der Waals surface area contributed by atoms with Crippen LogP contribution in [0.15, 0.2) is 47.5 Å². The monoisotopic (exact) mass is 489 g/mol. The summed E-state index contributed by atoms with van der Waals surface area (Å²) in [6, 6.07) is 7.26. The fourth-order valence-electron chi connectivity index (χ4n) is 3.20. The van der Waals surface area contributed by atoms with Crippen LogP contribution in [0.3, 0.4) is 0 Å². The Bertz CT molecular complexity index is 1020. The van der Waals surface area contributed by atoms with Gasteiger partial charge in [0.2, 0.25) is 15.9 Å². The van der Waals surface area contributed by atoms with Gasteiger partial charge in [0.25, 0.3) is 0 Å².